The Labute approximate surface area is 271 Å². The average molecular weight is 638 g/mol. The molecule has 0 saturated carbocycles. The van der Waals surface area contributed by atoms with Crippen molar-refractivity contribution in [3.05, 3.63) is 76.5 Å². The van der Waals surface area contributed by atoms with Gasteiger partial charge in [-0.3, -0.25) is 19.7 Å². The van der Waals surface area contributed by atoms with E-state index in [1.807, 2.05) is 30.9 Å². The fraction of sp³-hybridized carbons (Fsp3) is 0.471. The zero-order chi connectivity index (χ0) is 32.6. The van der Waals surface area contributed by atoms with E-state index in [0.29, 0.717) is 60.8 Å². The first kappa shape index (κ1) is 35.3. The normalized spacial score (nSPS) is 15.3. The second-order valence-corrected chi connectivity index (χ2v) is 14.7. The molecule has 0 aliphatic carbocycles. The Bertz CT molecular complexity index is 1430. The predicted octanol–water partition coefficient (Wildman–Crippen LogP) is 6.38. The molecule has 1 saturated heterocycles. The number of thiazole rings is 1. The van der Waals surface area contributed by atoms with Gasteiger partial charge in [0.1, 0.15) is 0 Å². The molecule has 8 nitrogen and oxygen atoms in total. The van der Waals surface area contributed by atoms with E-state index in [1.54, 1.807) is 48.9 Å². The number of hydrogen-bond acceptors (Lipinski definition) is 7. The van der Waals surface area contributed by atoms with E-state index in [2.05, 4.69) is 56.0 Å². The molecule has 1 aliphatic heterocycles. The van der Waals surface area contributed by atoms with Crippen LogP contribution in [0.15, 0.2) is 58.5 Å². The van der Waals surface area contributed by atoms with Gasteiger partial charge < -0.3 is 15.1 Å². The number of aromatic nitrogens is 1. The van der Waals surface area contributed by atoms with Crippen LogP contribution in [0.5, 0.6) is 0 Å². The maximum absolute atomic E-state index is 13.4. The van der Waals surface area contributed by atoms with Crippen molar-refractivity contribution in [1.29, 1.82) is 0 Å². The molecule has 1 aromatic heterocycles. The highest BCUT2D eigenvalue weighted by Crippen LogP contribution is 2.32. The van der Waals surface area contributed by atoms with Crippen molar-refractivity contribution in [2.24, 2.45) is 5.41 Å². The highest BCUT2D eigenvalue weighted by atomic mass is 32.2. The van der Waals surface area contributed by atoms with Gasteiger partial charge in [0.25, 0.3) is 11.8 Å². The van der Waals surface area contributed by atoms with Gasteiger partial charge >= 0.3 is 0 Å². The Balaban J connectivity index is 1.58. The van der Waals surface area contributed by atoms with Gasteiger partial charge in [0, 0.05) is 62.6 Å². The van der Waals surface area contributed by atoms with Gasteiger partial charge in [-0.05, 0) is 61.4 Å². The molecular formula is C34H47N5O3S2. The summed E-state index contributed by atoms with van der Waals surface area (Å²) in [5, 5.41) is 6.96. The average Bonchev–Trinajstić information content (AvgIpc) is 3.43. The zero-order valence-corrected chi connectivity index (χ0v) is 29.0. The first-order chi connectivity index (χ1) is 20.7. The Morgan fingerprint density at radius 1 is 1.09 bits per heavy atom. The van der Waals surface area contributed by atoms with Crippen LogP contribution in [0.4, 0.5) is 5.13 Å². The predicted molar refractivity (Wildman–Crippen MR) is 183 cm³/mol. The van der Waals surface area contributed by atoms with Crippen molar-refractivity contribution in [2.45, 2.75) is 71.4 Å². The van der Waals surface area contributed by atoms with Gasteiger partial charge in [0.05, 0.1) is 10.4 Å². The van der Waals surface area contributed by atoms with Gasteiger partial charge in [-0.15, -0.1) is 11.8 Å². The highest BCUT2D eigenvalue weighted by Gasteiger charge is 2.25. The number of carbonyl (C=O) groups is 3. The lowest BCUT2D eigenvalue weighted by atomic mass is 9.88. The number of piperazine rings is 1. The summed E-state index contributed by atoms with van der Waals surface area (Å²) in [5.41, 5.74) is 5.55. The van der Waals surface area contributed by atoms with Crippen LogP contribution in [0.2, 0.25) is 0 Å². The molecule has 3 amide bonds. The second kappa shape index (κ2) is 15.7. The number of rotatable bonds is 11. The molecule has 1 aliphatic rings. The molecule has 0 spiro atoms. The molecule has 44 heavy (non-hydrogen) atoms. The number of nitrogens with zero attached hydrogens (tertiary/aromatic N) is 3. The van der Waals surface area contributed by atoms with Crippen molar-refractivity contribution in [3.63, 3.8) is 0 Å². The maximum Gasteiger partial charge on any atom is 0.254 e. The smallest absolute Gasteiger partial charge is 0.254 e. The fourth-order valence-electron chi connectivity index (χ4n) is 4.45. The molecule has 1 aromatic carbocycles. The van der Waals surface area contributed by atoms with Crippen LogP contribution in [0.25, 0.3) is 0 Å². The number of carbonyl (C=O) groups excluding carboxylic acids is 3. The number of thioether (sulfide) groups is 1. The van der Waals surface area contributed by atoms with Crippen molar-refractivity contribution in [3.8, 4) is 0 Å². The number of nitrogens with one attached hydrogen (secondary N) is 2. The summed E-state index contributed by atoms with van der Waals surface area (Å²) in [6.07, 6.45) is 7.30. The molecule has 238 valence electrons. The summed E-state index contributed by atoms with van der Waals surface area (Å²) in [7, 11) is 0. The summed E-state index contributed by atoms with van der Waals surface area (Å²) < 4.78 is 0.973. The number of amides is 3. The third-order valence-corrected chi connectivity index (χ3v) is 10.3. The third kappa shape index (κ3) is 9.90. The van der Waals surface area contributed by atoms with Crippen LogP contribution in [0.1, 0.15) is 68.6 Å². The Hall–Kier alpha value is -3.21. The van der Waals surface area contributed by atoms with E-state index in [-0.39, 0.29) is 23.1 Å². The van der Waals surface area contributed by atoms with Crippen molar-refractivity contribution < 1.29 is 14.4 Å². The molecule has 2 heterocycles. The van der Waals surface area contributed by atoms with E-state index in [9.17, 15) is 14.4 Å². The highest BCUT2D eigenvalue weighted by molar-refractivity contribution is 8.00. The van der Waals surface area contributed by atoms with Crippen LogP contribution in [-0.2, 0) is 15.3 Å². The van der Waals surface area contributed by atoms with E-state index in [0.717, 1.165) is 26.5 Å². The minimum absolute atomic E-state index is 0.0117. The minimum atomic E-state index is -0.201. The fourth-order valence-corrected chi connectivity index (χ4v) is 6.25. The van der Waals surface area contributed by atoms with Crippen molar-refractivity contribution in [2.75, 3.05) is 38.0 Å². The quantitative estimate of drug-likeness (QED) is 0.169. The monoisotopic (exact) mass is 637 g/mol. The zero-order valence-electron chi connectivity index (χ0n) is 27.4. The molecular weight excluding hydrogens is 591 g/mol. The van der Waals surface area contributed by atoms with Crippen LogP contribution in [0.3, 0.4) is 0 Å². The van der Waals surface area contributed by atoms with Crippen molar-refractivity contribution in [1.82, 2.24) is 20.1 Å². The molecule has 10 heteroatoms. The van der Waals surface area contributed by atoms with Gasteiger partial charge in [0.2, 0.25) is 5.91 Å². The molecule has 0 bridgehead atoms. The standard InChI is InChI=1S/C34H47N5O3S2/c1-10-27(19-35-25(5)34(7,8)9)12-11-22(2)31(41)37-33-36-20-30(44-33)43-21-28-17-23(3)24(4)29(18-28)32(42)39-15-13-38(14-16-39)26(6)40/h10-12,17-18,20,25,35H,1,13-16,19,21H2,2-9H3,(H,36,37,41)/b22-11+,27-12+. The number of allylic oxidation sites excluding steroid dienone is 2. The SMILES string of the molecule is C=C/C(=C\C=C(/C)C(=O)Nc1ncc(SCc2cc(C)c(C)c(C(=O)N3CCN(C(C)=O)CC3)c2)s1)CNC(C)C(C)(C)C. The van der Waals surface area contributed by atoms with Gasteiger partial charge in [0.15, 0.2) is 5.13 Å². The van der Waals surface area contributed by atoms with Crippen LogP contribution < -0.4 is 10.6 Å². The van der Waals surface area contributed by atoms with Gasteiger partial charge in [-0.1, -0.05) is 63.0 Å². The number of anilines is 1. The number of aryl methyl sites for hydroxylation is 1. The topological polar surface area (TPSA) is 94.6 Å². The van der Waals surface area contributed by atoms with Gasteiger partial charge in [-0.2, -0.15) is 0 Å². The number of benzene rings is 1. The summed E-state index contributed by atoms with van der Waals surface area (Å²) >= 11 is 3.05. The lowest BCUT2D eigenvalue weighted by molar-refractivity contribution is -0.130. The van der Waals surface area contributed by atoms with Crippen LogP contribution in [0, 0.1) is 19.3 Å². The molecule has 1 atom stereocenters. The summed E-state index contributed by atoms with van der Waals surface area (Å²) in [4.78, 5) is 45.9. The molecule has 2 N–H and O–H groups in total. The third-order valence-electron chi connectivity index (χ3n) is 8.13. The largest absolute Gasteiger partial charge is 0.339 e. The first-order valence-electron chi connectivity index (χ1n) is 15.0. The molecule has 3 rings (SSSR count). The maximum atomic E-state index is 13.4. The second-order valence-electron chi connectivity index (χ2n) is 12.4. The van der Waals surface area contributed by atoms with Crippen LogP contribution >= 0.6 is 23.1 Å². The van der Waals surface area contributed by atoms with Crippen molar-refractivity contribution >= 4 is 46.0 Å². The Morgan fingerprint density at radius 2 is 1.75 bits per heavy atom. The minimum Gasteiger partial charge on any atom is -0.339 e. The first-order valence-corrected chi connectivity index (χ1v) is 16.8. The molecule has 1 unspecified atom stereocenters. The summed E-state index contributed by atoms with van der Waals surface area (Å²) in [6.45, 7) is 22.9. The molecule has 2 aromatic rings. The number of hydrogen-bond donors (Lipinski definition) is 2. The van der Waals surface area contributed by atoms with Crippen LogP contribution in [-0.4, -0.2) is 71.3 Å². The Morgan fingerprint density at radius 3 is 2.36 bits per heavy atom. The van der Waals surface area contributed by atoms with E-state index >= 15 is 0 Å². The Kier molecular flexibility index (Phi) is 12.6. The lowest BCUT2D eigenvalue weighted by Gasteiger charge is -2.34. The summed E-state index contributed by atoms with van der Waals surface area (Å²) in [6, 6.07) is 4.43. The van der Waals surface area contributed by atoms with Gasteiger partial charge in [-0.25, -0.2) is 4.98 Å². The molecule has 1 fully saturated rings. The van der Waals surface area contributed by atoms with E-state index < -0.39 is 0 Å². The lowest BCUT2D eigenvalue weighted by Crippen LogP contribution is -2.50. The van der Waals surface area contributed by atoms with E-state index in [4.69, 9.17) is 0 Å². The molecule has 0 radical (unpaired) electrons. The summed E-state index contributed by atoms with van der Waals surface area (Å²) in [5.74, 6) is 0.529. The van der Waals surface area contributed by atoms with E-state index in [1.165, 1.54) is 11.3 Å².